The van der Waals surface area contributed by atoms with Gasteiger partial charge in [-0.1, -0.05) is 30.3 Å². The number of aromatic amines is 1. The first-order chi connectivity index (χ1) is 15.2. The number of ether oxygens (including phenoxy) is 1. The number of hydrogen-bond donors (Lipinski definition) is 2. The van der Waals surface area contributed by atoms with E-state index in [9.17, 15) is 9.59 Å². The number of amides is 2. The van der Waals surface area contributed by atoms with Crippen LogP contribution in [0.25, 0.3) is 22.0 Å². The van der Waals surface area contributed by atoms with Gasteiger partial charge in [0.2, 0.25) is 0 Å². The summed E-state index contributed by atoms with van der Waals surface area (Å²) >= 11 is 0. The SMILES string of the molecule is CC(C)(C)OC(=O)N1CCC(Cc2c[nH]c3c(C(N)=O)cc(-c4ccccc4)cc23)CC1. The number of piperidine rings is 1. The number of fused-ring (bicyclic) bond motifs is 1. The van der Waals surface area contributed by atoms with Crippen LogP contribution in [0.4, 0.5) is 4.79 Å². The van der Waals surface area contributed by atoms with Gasteiger partial charge in [-0.05, 0) is 74.8 Å². The summed E-state index contributed by atoms with van der Waals surface area (Å²) in [5, 5.41) is 1.04. The third-order valence-electron chi connectivity index (χ3n) is 6.02. The lowest BCUT2D eigenvalue weighted by Crippen LogP contribution is -2.42. The second-order valence-electron chi connectivity index (χ2n) is 9.61. The number of nitrogens with zero attached hydrogens (tertiary/aromatic N) is 1. The lowest BCUT2D eigenvalue weighted by atomic mass is 9.89. The molecule has 4 rings (SSSR count). The third-order valence-corrected chi connectivity index (χ3v) is 6.02. The van der Waals surface area contributed by atoms with E-state index in [1.54, 1.807) is 4.90 Å². The summed E-state index contributed by atoms with van der Waals surface area (Å²) in [6.45, 7) is 7.06. The average molecular weight is 434 g/mol. The van der Waals surface area contributed by atoms with Crippen molar-refractivity contribution in [3.8, 4) is 11.1 Å². The Labute approximate surface area is 188 Å². The monoisotopic (exact) mass is 433 g/mol. The molecule has 32 heavy (non-hydrogen) atoms. The number of carbonyl (C=O) groups is 2. The first-order valence-electron chi connectivity index (χ1n) is 11.2. The molecule has 6 heteroatoms. The van der Waals surface area contributed by atoms with E-state index in [1.807, 2.05) is 63.4 Å². The van der Waals surface area contributed by atoms with Crippen molar-refractivity contribution < 1.29 is 14.3 Å². The lowest BCUT2D eigenvalue weighted by Gasteiger charge is -2.33. The minimum absolute atomic E-state index is 0.235. The van der Waals surface area contributed by atoms with E-state index in [2.05, 4.69) is 11.1 Å². The number of likely N-dealkylation sites (tertiary alicyclic amines) is 1. The van der Waals surface area contributed by atoms with Gasteiger partial charge < -0.3 is 20.4 Å². The summed E-state index contributed by atoms with van der Waals surface area (Å²) in [5.41, 5.74) is 9.72. The molecule has 1 aromatic heterocycles. The zero-order valence-electron chi connectivity index (χ0n) is 19.0. The fraction of sp³-hybridized carbons (Fsp3) is 0.385. The highest BCUT2D eigenvalue weighted by molar-refractivity contribution is 6.07. The number of primary amides is 1. The average Bonchev–Trinajstić information content (AvgIpc) is 3.15. The third kappa shape index (κ3) is 4.79. The number of carbonyl (C=O) groups excluding carboxylic acids is 2. The highest BCUT2D eigenvalue weighted by atomic mass is 16.6. The predicted molar refractivity (Wildman–Crippen MR) is 126 cm³/mol. The Bertz CT molecular complexity index is 1120. The van der Waals surface area contributed by atoms with E-state index < -0.39 is 11.5 Å². The van der Waals surface area contributed by atoms with Gasteiger partial charge >= 0.3 is 6.09 Å². The molecule has 0 radical (unpaired) electrons. The highest BCUT2D eigenvalue weighted by Crippen LogP contribution is 2.32. The highest BCUT2D eigenvalue weighted by Gasteiger charge is 2.27. The van der Waals surface area contributed by atoms with Gasteiger partial charge in [-0.15, -0.1) is 0 Å². The Morgan fingerprint density at radius 1 is 1.09 bits per heavy atom. The molecular formula is C26H31N3O3. The van der Waals surface area contributed by atoms with Gasteiger partial charge in [0, 0.05) is 24.7 Å². The lowest BCUT2D eigenvalue weighted by molar-refractivity contribution is 0.0184. The van der Waals surface area contributed by atoms with Gasteiger partial charge in [0.15, 0.2) is 0 Å². The molecule has 1 fully saturated rings. The number of aromatic nitrogens is 1. The summed E-state index contributed by atoms with van der Waals surface area (Å²) in [7, 11) is 0. The summed E-state index contributed by atoms with van der Waals surface area (Å²) in [5.74, 6) is 0.0250. The predicted octanol–water partition coefficient (Wildman–Crippen LogP) is 5.12. The first kappa shape index (κ1) is 21.9. The van der Waals surface area contributed by atoms with E-state index in [-0.39, 0.29) is 6.09 Å². The molecule has 1 aliphatic rings. The van der Waals surface area contributed by atoms with Crippen LogP contribution in [0.15, 0.2) is 48.7 Å². The van der Waals surface area contributed by atoms with Crippen LogP contribution in [0.5, 0.6) is 0 Å². The summed E-state index contributed by atoms with van der Waals surface area (Å²) in [6, 6.07) is 14.0. The number of nitrogens with one attached hydrogen (secondary N) is 1. The Morgan fingerprint density at radius 2 is 1.78 bits per heavy atom. The van der Waals surface area contributed by atoms with Crippen LogP contribution < -0.4 is 5.73 Å². The van der Waals surface area contributed by atoms with Crippen molar-refractivity contribution in [2.75, 3.05) is 13.1 Å². The number of nitrogens with two attached hydrogens (primary N) is 1. The molecule has 2 amide bonds. The van der Waals surface area contributed by atoms with Gasteiger partial charge in [0.25, 0.3) is 5.91 Å². The maximum Gasteiger partial charge on any atom is 0.410 e. The largest absolute Gasteiger partial charge is 0.444 e. The zero-order valence-corrected chi connectivity index (χ0v) is 19.0. The van der Waals surface area contributed by atoms with Crippen molar-refractivity contribution in [1.29, 1.82) is 0 Å². The maximum atomic E-state index is 12.3. The summed E-state index contributed by atoms with van der Waals surface area (Å²) < 4.78 is 5.50. The molecule has 3 aromatic rings. The van der Waals surface area contributed by atoms with Crippen molar-refractivity contribution in [3.63, 3.8) is 0 Å². The Kier molecular flexibility index (Phi) is 5.96. The summed E-state index contributed by atoms with van der Waals surface area (Å²) in [6.07, 6.45) is 4.49. The van der Waals surface area contributed by atoms with Gasteiger partial charge in [0.05, 0.1) is 11.1 Å². The minimum Gasteiger partial charge on any atom is -0.444 e. The smallest absolute Gasteiger partial charge is 0.410 e. The van der Waals surface area contributed by atoms with Crippen molar-refractivity contribution in [1.82, 2.24) is 9.88 Å². The minimum atomic E-state index is -0.480. The van der Waals surface area contributed by atoms with E-state index >= 15 is 0 Å². The van der Waals surface area contributed by atoms with Gasteiger partial charge in [-0.2, -0.15) is 0 Å². The topological polar surface area (TPSA) is 88.4 Å². The molecule has 0 aliphatic carbocycles. The van der Waals surface area contributed by atoms with E-state index in [4.69, 9.17) is 10.5 Å². The maximum absolute atomic E-state index is 12.3. The van der Waals surface area contributed by atoms with Crippen LogP contribution in [0.1, 0.15) is 49.5 Å². The fourth-order valence-corrected chi connectivity index (χ4v) is 4.41. The Hall–Kier alpha value is -3.28. The van der Waals surface area contributed by atoms with Crippen molar-refractivity contribution >= 4 is 22.9 Å². The Balaban J connectivity index is 1.54. The molecule has 0 bridgehead atoms. The van der Waals surface area contributed by atoms with Crippen LogP contribution in [0.2, 0.25) is 0 Å². The molecule has 1 aliphatic heterocycles. The van der Waals surface area contributed by atoms with Crippen molar-refractivity contribution in [2.45, 2.75) is 45.6 Å². The zero-order chi connectivity index (χ0) is 22.9. The number of hydrogen-bond acceptors (Lipinski definition) is 3. The standard InChI is InChI=1S/C26H31N3O3/c1-26(2,3)32-25(31)29-11-9-17(10-12-29)13-20-16-28-23-21(20)14-19(15-22(23)24(27)30)18-7-5-4-6-8-18/h4-8,14-17,28H,9-13H2,1-3H3,(H2,27,30). The van der Waals surface area contributed by atoms with Crippen LogP contribution in [0, 0.1) is 5.92 Å². The molecule has 2 aromatic carbocycles. The molecule has 1 saturated heterocycles. The molecule has 0 unspecified atom stereocenters. The second-order valence-corrected chi connectivity index (χ2v) is 9.61. The van der Waals surface area contributed by atoms with E-state index in [1.165, 1.54) is 5.56 Å². The van der Waals surface area contributed by atoms with E-state index in [0.29, 0.717) is 24.6 Å². The molecule has 168 valence electrons. The van der Waals surface area contributed by atoms with Crippen molar-refractivity contribution in [3.05, 3.63) is 59.8 Å². The second kappa shape index (κ2) is 8.69. The Morgan fingerprint density at radius 3 is 2.41 bits per heavy atom. The molecule has 0 atom stereocenters. The molecule has 0 saturated carbocycles. The molecular weight excluding hydrogens is 402 g/mol. The normalized spacial score (nSPS) is 15.2. The number of H-pyrrole nitrogens is 1. The van der Waals surface area contributed by atoms with Gasteiger partial charge in [-0.25, -0.2) is 4.79 Å². The fourth-order valence-electron chi connectivity index (χ4n) is 4.41. The van der Waals surface area contributed by atoms with Crippen LogP contribution in [-0.4, -0.2) is 40.6 Å². The van der Waals surface area contributed by atoms with Crippen LogP contribution >= 0.6 is 0 Å². The first-order valence-corrected chi connectivity index (χ1v) is 11.2. The van der Waals surface area contributed by atoms with Crippen LogP contribution in [0.3, 0.4) is 0 Å². The van der Waals surface area contributed by atoms with Crippen LogP contribution in [-0.2, 0) is 11.2 Å². The number of benzene rings is 2. The quantitative estimate of drug-likeness (QED) is 0.598. The summed E-state index contributed by atoms with van der Waals surface area (Å²) in [4.78, 5) is 29.6. The van der Waals surface area contributed by atoms with Crippen molar-refractivity contribution in [2.24, 2.45) is 11.7 Å². The van der Waals surface area contributed by atoms with E-state index in [0.717, 1.165) is 41.3 Å². The van der Waals surface area contributed by atoms with Gasteiger partial charge in [0.1, 0.15) is 5.60 Å². The van der Waals surface area contributed by atoms with Gasteiger partial charge in [-0.3, -0.25) is 4.79 Å². The number of rotatable bonds is 4. The molecule has 0 spiro atoms. The molecule has 3 N–H and O–H groups in total. The molecule has 2 heterocycles. The molecule has 6 nitrogen and oxygen atoms in total.